The van der Waals surface area contributed by atoms with Gasteiger partial charge >= 0.3 is 0 Å². The van der Waals surface area contributed by atoms with Gasteiger partial charge in [0.15, 0.2) is 0 Å². The molecule has 1 aliphatic heterocycles. The van der Waals surface area contributed by atoms with E-state index < -0.39 is 4.92 Å². The van der Waals surface area contributed by atoms with E-state index in [0.717, 1.165) is 22.9 Å². The van der Waals surface area contributed by atoms with Crippen LogP contribution in [-0.2, 0) is 6.54 Å². The molecule has 0 unspecified atom stereocenters. The first-order valence-electron chi connectivity index (χ1n) is 10.4. The van der Waals surface area contributed by atoms with Gasteiger partial charge in [0.1, 0.15) is 11.9 Å². The van der Waals surface area contributed by atoms with E-state index in [4.69, 9.17) is 4.74 Å². The van der Waals surface area contributed by atoms with Crippen molar-refractivity contribution in [3.05, 3.63) is 118 Å². The summed E-state index contributed by atoms with van der Waals surface area (Å²) in [6.45, 7) is 0.188. The highest BCUT2D eigenvalue weighted by Crippen LogP contribution is 2.28. The molecule has 0 radical (unpaired) electrons. The van der Waals surface area contributed by atoms with Crippen LogP contribution in [-0.4, -0.2) is 26.6 Å². The number of carbonyl (C=O) groups excluding carboxylic acids is 2. The number of fused-ring (bicyclic) bond motifs is 1. The Morgan fingerprint density at radius 2 is 1.53 bits per heavy atom. The smallest absolute Gasteiger partial charge is 0.287 e. The predicted octanol–water partition coefficient (Wildman–Crippen LogP) is 5.25. The van der Waals surface area contributed by atoms with Crippen LogP contribution >= 0.6 is 0 Å². The standard InChI is InChI=1S/C26H17N3O5/c30-25-22-6-1-2-7-23(22)26(31)28(25)16-17-4-3-5-19(14-17)18-8-11-21(12-9-18)34-24-13-10-20(15-27-24)29(32)33/h1-15H,16H2. The average molecular weight is 451 g/mol. The molecule has 166 valence electrons. The molecule has 0 atom stereocenters. The van der Waals surface area contributed by atoms with E-state index in [1.807, 2.05) is 36.4 Å². The highest BCUT2D eigenvalue weighted by atomic mass is 16.6. The minimum Gasteiger partial charge on any atom is -0.439 e. The lowest BCUT2D eigenvalue weighted by Gasteiger charge is -2.15. The minimum atomic E-state index is -0.520. The predicted molar refractivity (Wildman–Crippen MR) is 123 cm³/mol. The molecule has 1 aromatic heterocycles. The molecule has 0 spiro atoms. The summed E-state index contributed by atoms with van der Waals surface area (Å²) in [5.74, 6) is 0.216. The first-order chi connectivity index (χ1) is 16.5. The Balaban J connectivity index is 1.30. The molecule has 0 fully saturated rings. The molecule has 2 heterocycles. The van der Waals surface area contributed by atoms with Gasteiger partial charge in [0, 0.05) is 12.1 Å². The molecule has 0 aliphatic carbocycles. The van der Waals surface area contributed by atoms with E-state index in [1.54, 1.807) is 36.4 Å². The number of nitro groups is 1. The quantitative estimate of drug-likeness (QED) is 0.225. The molecular weight excluding hydrogens is 434 g/mol. The van der Waals surface area contributed by atoms with Gasteiger partial charge in [-0.15, -0.1) is 0 Å². The van der Waals surface area contributed by atoms with Crippen LogP contribution in [0.2, 0.25) is 0 Å². The number of nitrogens with zero attached hydrogens (tertiary/aromatic N) is 3. The molecule has 1 aliphatic rings. The third kappa shape index (κ3) is 4.00. The van der Waals surface area contributed by atoms with Gasteiger partial charge in [-0.25, -0.2) is 4.98 Å². The van der Waals surface area contributed by atoms with E-state index in [0.29, 0.717) is 16.9 Å². The second kappa shape index (κ2) is 8.59. The number of amides is 2. The zero-order valence-corrected chi connectivity index (χ0v) is 17.8. The highest BCUT2D eigenvalue weighted by molar-refractivity contribution is 6.21. The molecule has 0 bridgehead atoms. The summed E-state index contributed by atoms with van der Waals surface area (Å²) in [4.78, 5) is 40.7. The van der Waals surface area contributed by atoms with Crippen LogP contribution < -0.4 is 4.74 Å². The van der Waals surface area contributed by atoms with Crippen molar-refractivity contribution in [3.63, 3.8) is 0 Å². The lowest BCUT2D eigenvalue weighted by atomic mass is 10.0. The van der Waals surface area contributed by atoms with Crippen LogP contribution in [0.5, 0.6) is 11.6 Å². The first kappa shape index (κ1) is 21.0. The molecule has 0 saturated carbocycles. The lowest BCUT2D eigenvalue weighted by Crippen LogP contribution is -2.29. The maximum absolute atomic E-state index is 12.7. The summed E-state index contributed by atoms with van der Waals surface area (Å²) in [5, 5.41) is 10.7. The second-order valence-corrected chi connectivity index (χ2v) is 7.68. The van der Waals surface area contributed by atoms with Gasteiger partial charge < -0.3 is 4.74 Å². The Morgan fingerprint density at radius 3 is 2.15 bits per heavy atom. The number of ether oxygens (including phenoxy) is 1. The summed E-state index contributed by atoms with van der Waals surface area (Å²) >= 11 is 0. The third-order valence-corrected chi connectivity index (χ3v) is 5.49. The van der Waals surface area contributed by atoms with Gasteiger partial charge in [-0.1, -0.05) is 42.5 Å². The van der Waals surface area contributed by atoms with Crippen LogP contribution in [0.1, 0.15) is 26.3 Å². The Bertz CT molecular complexity index is 1380. The van der Waals surface area contributed by atoms with Crippen molar-refractivity contribution in [3.8, 4) is 22.8 Å². The second-order valence-electron chi connectivity index (χ2n) is 7.68. The molecule has 2 amide bonds. The monoisotopic (exact) mass is 451 g/mol. The number of rotatable bonds is 6. The summed E-state index contributed by atoms with van der Waals surface area (Å²) < 4.78 is 5.66. The third-order valence-electron chi connectivity index (χ3n) is 5.49. The number of imide groups is 1. The van der Waals surface area contributed by atoms with Crippen molar-refractivity contribution >= 4 is 17.5 Å². The summed E-state index contributed by atoms with van der Waals surface area (Å²) in [6.07, 6.45) is 1.14. The number of pyridine rings is 1. The molecule has 0 saturated heterocycles. The first-order valence-corrected chi connectivity index (χ1v) is 10.4. The molecule has 5 rings (SSSR count). The van der Waals surface area contributed by atoms with Gasteiger partial charge in [-0.2, -0.15) is 0 Å². The van der Waals surface area contributed by atoms with E-state index >= 15 is 0 Å². The maximum Gasteiger partial charge on any atom is 0.287 e. The Hall–Kier alpha value is -4.85. The Morgan fingerprint density at radius 1 is 0.824 bits per heavy atom. The molecule has 3 aromatic carbocycles. The van der Waals surface area contributed by atoms with Crippen molar-refractivity contribution in [2.45, 2.75) is 6.54 Å². The number of hydrogen-bond donors (Lipinski definition) is 0. The lowest BCUT2D eigenvalue weighted by molar-refractivity contribution is -0.385. The largest absolute Gasteiger partial charge is 0.439 e. The zero-order chi connectivity index (χ0) is 23.7. The Labute approximate surface area is 194 Å². The van der Waals surface area contributed by atoms with Crippen molar-refractivity contribution in [2.24, 2.45) is 0 Å². The molecular formula is C26H17N3O5. The van der Waals surface area contributed by atoms with Crippen molar-refractivity contribution < 1.29 is 19.2 Å². The molecule has 34 heavy (non-hydrogen) atoms. The van der Waals surface area contributed by atoms with Crippen LogP contribution in [0.25, 0.3) is 11.1 Å². The minimum absolute atomic E-state index is 0.108. The van der Waals surface area contributed by atoms with E-state index in [2.05, 4.69) is 4.98 Å². The van der Waals surface area contributed by atoms with Crippen LogP contribution in [0.15, 0.2) is 91.1 Å². The number of aromatic nitrogens is 1. The molecule has 8 heteroatoms. The fourth-order valence-corrected chi connectivity index (χ4v) is 3.79. The van der Waals surface area contributed by atoms with E-state index in [-0.39, 0.29) is 29.9 Å². The van der Waals surface area contributed by atoms with Gasteiger partial charge in [0.05, 0.1) is 22.6 Å². The fraction of sp³-hybridized carbons (Fsp3) is 0.0385. The van der Waals surface area contributed by atoms with Gasteiger partial charge in [0.2, 0.25) is 5.88 Å². The van der Waals surface area contributed by atoms with Crippen LogP contribution in [0.4, 0.5) is 5.69 Å². The Kier molecular flexibility index (Phi) is 5.31. The SMILES string of the molecule is O=C1c2ccccc2C(=O)N1Cc1cccc(-c2ccc(Oc3ccc([N+](=O)[O-])cn3)cc2)c1. The van der Waals surface area contributed by atoms with Crippen molar-refractivity contribution in [1.82, 2.24) is 9.88 Å². The van der Waals surface area contributed by atoms with Gasteiger partial charge in [-0.05, 0) is 47.0 Å². The number of carbonyl (C=O) groups is 2. The molecule has 8 nitrogen and oxygen atoms in total. The van der Waals surface area contributed by atoms with Crippen molar-refractivity contribution in [2.75, 3.05) is 0 Å². The molecule has 4 aromatic rings. The average Bonchev–Trinajstić information content (AvgIpc) is 3.10. The highest BCUT2D eigenvalue weighted by Gasteiger charge is 2.34. The summed E-state index contributed by atoms with van der Waals surface area (Å²) in [7, 11) is 0. The maximum atomic E-state index is 12.7. The normalized spacial score (nSPS) is 12.5. The van der Waals surface area contributed by atoms with E-state index in [9.17, 15) is 19.7 Å². The zero-order valence-electron chi connectivity index (χ0n) is 17.8. The van der Waals surface area contributed by atoms with Gasteiger partial charge in [0.25, 0.3) is 17.5 Å². The van der Waals surface area contributed by atoms with Crippen molar-refractivity contribution in [1.29, 1.82) is 0 Å². The number of benzene rings is 3. The molecule has 0 N–H and O–H groups in total. The summed E-state index contributed by atoms with van der Waals surface area (Å²) in [6, 6.07) is 24.6. The summed E-state index contributed by atoms with van der Waals surface area (Å²) in [5.41, 5.74) is 3.44. The van der Waals surface area contributed by atoms with Crippen LogP contribution in [0, 0.1) is 10.1 Å². The fourth-order valence-electron chi connectivity index (χ4n) is 3.79. The number of hydrogen-bond acceptors (Lipinski definition) is 6. The van der Waals surface area contributed by atoms with E-state index in [1.165, 1.54) is 17.0 Å². The topological polar surface area (TPSA) is 103 Å². The van der Waals surface area contributed by atoms with Crippen LogP contribution in [0.3, 0.4) is 0 Å². The van der Waals surface area contributed by atoms with Gasteiger partial charge in [-0.3, -0.25) is 24.6 Å².